The molecule has 3 N–H and O–H groups in total. The van der Waals surface area contributed by atoms with E-state index in [2.05, 4.69) is 20.6 Å². The van der Waals surface area contributed by atoms with Gasteiger partial charge in [0, 0.05) is 24.8 Å². The predicted octanol–water partition coefficient (Wildman–Crippen LogP) is 4.86. The molecular weight excluding hydrogens is 499 g/mol. The summed E-state index contributed by atoms with van der Waals surface area (Å²) in [6.07, 6.45) is 1.71. The molecule has 0 aliphatic carbocycles. The molecule has 2 aromatic heterocycles. The van der Waals surface area contributed by atoms with E-state index in [9.17, 15) is 9.18 Å². The number of aromatic amines is 1. The van der Waals surface area contributed by atoms with Crippen molar-refractivity contribution in [1.82, 2.24) is 25.3 Å². The zero-order valence-electron chi connectivity index (χ0n) is 21.9. The maximum Gasteiger partial charge on any atom is 0.230 e. The fourth-order valence-corrected chi connectivity index (χ4v) is 4.22. The zero-order chi connectivity index (χ0) is 27.2. The summed E-state index contributed by atoms with van der Waals surface area (Å²) in [4.78, 5) is 29.7. The monoisotopic (exact) mass is 530 g/mol. The molecule has 4 aromatic rings. The summed E-state index contributed by atoms with van der Waals surface area (Å²) in [7, 11) is 0. The number of halogens is 1. The quantitative estimate of drug-likeness (QED) is 0.283. The van der Waals surface area contributed by atoms with Gasteiger partial charge in [0.25, 0.3) is 0 Å². The van der Waals surface area contributed by atoms with Gasteiger partial charge in [0.1, 0.15) is 5.82 Å². The first kappa shape index (κ1) is 26.5. The van der Waals surface area contributed by atoms with Crippen LogP contribution in [0.15, 0.2) is 66.9 Å². The number of amides is 1. The van der Waals surface area contributed by atoms with Crippen LogP contribution in [0.5, 0.6) is 0 Å². The van der Waals surface area contributed by atoms with Crippen molar-refractivity contribution in [3.05, 3.63) is 84.1 Å². The molecule has 5 rings (SSSR count). The lowest BCUT2D eigenvalue weighted by Gasteiger charge is -2.35. The molecule has 0 saturated carbocycles. The van der Waals surface area contributed by atoms with E-state index in [0.717, 1.165) is 12.0 Å². The molecule has 0 atom stereocenters. The van der Waals surface area contributed by atoms with Crippen LogP contribution in [0.4, 0.5) is 10.3 Å². The lowest BCUT2D eigenvalue weighted by atomic mass is 9.91. The molecule has 1 aliphatic heterocycles. The fraction of sp³-hybridized carbons (Fsp3) is 0.310. The molecule has 3 heterocycles. The topological polar surface area (TPSA) is 114 Å². The van der Waals surface area contributed by atoms with Crippen molar-refractivity contribution in [2.45, 2.75) is 33.1 Å². The first-order valence-corrected chi connectivity index (χ1v) is 12.9. The predicted molar refractivity (Wildman–Crippen MR) is 145 cm³/mol. The van der Waals surface area contributed by atoms with Crippen molar-refractivity contribution in [2.24, 2.45) is 5.41 Å². The number of imidazole rings is 1. The van der Waals surface area contributed by atoms with E-state index in [-0.39, 0.29) is 24.9 Å². The van der Waals surface area contributed by atoms with Crippen LogP contribution >= 0.6 is 0 Å². The van der Waals surface area contributed by atoms with Crippen LogP contribution in [0.25, 0.3) is 22.6 Å². The maximum absolute atomic E-state index is 13.7. The first-order chi connectivity index (χ1) is 18.9. The van der Waals surface area contributed by atoms with Crippen molar-refractivity contribution in [3.8, 4) is 22.6 Å². The second-order valence-corrected chi connectivity index (χ2v) is 9.73. The lowest BCUT2D eigenvalue weighted by Crippen LogP contribution is -2.48. The van der Waals surface area contributed by atoms with Gasteiger partial charge in [-0.25, -0.2) is 19.3 Å². The molecule has 2 aromatic carbocycles. The van der Waals surface area contributed by atoms with E-state index < -0.39 is 11.7 Å². The highest BCUT2D eigenvalue weighted by Gasteiger charge is 2.40. The number of rotatable bonds is 9. The molecule has 202 valence electrons. The van der Waals surface area contributed by atoms with E-state index in [1.165, 1.54) is 12.1 Å². The Balaban J connectivity index is 1.41. The Labute approximate surface area is 226 Å². The van der Waals surface area contributed by atoms with Gasteiger partial charge >= 0.3 is 0 Å². The third-order valence-electron chi connectivity index (χ3n) is 6.46. The Morgan fingerprint density at radius 1 is 1.08 bits per heavy atom. The van der Waals surface area contributed by atoms with E-state index in [1.54, 1.807) is 24.4 Å². The van der Waals surface area contributed by atoms with Gasteiger partial charge in [-0.15, -0.1) is 0 Å². The Morgan fingerprint density at radius 3 is 2.54 bits per heavy atom. The average Bonchev–Trinajstić information content (AvgIpc) is 3.42. The minimum Gasteiger partial charge on any atom is -0.355 e. The van der Waals surface area contributed by atoms with Crippen molar-refractivity contribution < 1.29 is 18.7 Å². The molecule has 0 bridgehead atoms. The number of nitrogens with zero attached hydrogens (tertiary/aromatic N) is 3. The standard InChI is InChI=1S/C29H31FN6O3/c1-3-14-31-27(37)29(2)17-38-26(39-18-29)25-35-23(20-9-11-21(30)12-10-20)24(36-25)22-13-15-32-28(34-22)33-16-19-7-5-4-6-8-19/h4-13,15,26H,3,14,16-18H2,1-2H3,(H,31,37)(H,35,36)(H,32,33,34). The number of aromatic nitrogens is 4. The van der Waals surface area contributed by atoms with Crippen LogP contribution in [0, 0.1) is 11.2 Å². The van der Waals surface area contributed by atoms with Gasteiger partial charge in [-0.2, -0.15) is 0 Å². The molecule has 0 spiro atoms. The molecule has 39 heavy (non-hydrogen) atoms. The summed E-state index contributed by atoms with van der Waals surface area (Å²) in [5.74, 6) is 0.436. The van der Waals surface area contributed by atoms with E-state index >= 15 is 0 Å². The molecule has 0 radical (unpaired) electrons. The fourth-order valence-electron chi connectivity index (χ4n) is 4.22. The summed E-state index contributed by atoms with van der Waals surface area (Å²) in [5, 5.41) is 6.16. The van der Waals surface area contributed by atoms with E-state index in [1.807, 2.05) is 44.2 Å². The molecule has 9 nitrogen and oxygen atoms in total. The highest BCUT2D eigenvalue weighted by Crippen LogP contribution is 2.35. The van der Waals surface area contributed by atoms with Crippen molar-refractivity contribution in [1.29, 1.82) is 0 Å². The summed E-state index contributed by atoms with van der Waals surface area (Å²) in [6.45, 7) is 5.34. The number of nitrogens with one attached hydrogen (secondary N) is 3. The maximum atomic E-state index is 13.7. The molecule has 1 fully saturated rings. The van der Waals surface area contributed by atoms with Crippen molar-refractivity contribution in [2.75, 3.05) is 25.1 Å². The Hall–Kier alpha value is -4.15. The average molecular weight is 531 g/mol. The molecule has 1 amide bonds. The molecule has 1 aliphatic rings. The van der Waals surface area contributed by atoms with Crippen LogP contribution in [-0.2, 0) is 20.8 Å². The van der Waals surface area contributed by atoms with E-state index in [4.69, 9.17) is 19.4 Å². The number of carbonyl (C=O) groups is 1. The van der Waals surface area contributed by atoms with Gasteiger partial charge < -0.3 is 25.1 Å². The molecular formula is C29H31FN6O3. The van der Waals surface area contributed by atoms with E-state index in [0.29, 0.717) is 47.5 Å². The molecule has 10 heteroatoms. The van der Waals surface area contributed by atoms with Crippen LogP contribution in [0.3, 0.4) is 0 Å². The van der Waals surface area contributed by atoms with Gasteiger partial charge in [-0.05, 0) is 49.2 Å². The van der Waals surface area contributed by atoms with Gasteiger partial charge in [-0.3, -0.25) is 4.79 Å². The largest absolute Gasteiger partial charge is 0.355 e. The number of anilines is 1. The van der Waals surface area contributed by atoms with Gasteiger partial charge in [0.2, 0.25) is 18.1 Å². The zero-order valence-corrected chi connectivity index (χ0v) is 21.9. The lowest BCUT2D eigenvalue weighted by molar-refractivity contribution is -0.231. The van der Waals surface area contributed by atoms with Crippen LogP contribution in [-0.4, -0.2) is 45.6 Å². The smallest absolute Gasteiger partial charge is 0.230 e. The van der Waals surface area contributed by atoms with Crippen LogP contribution in [0.2, 0.25) is 0 Å². The number of benzene rings is 2. The Kier molecular flexibility index (Phi) is 7.94. The minimum absolute atomic E-state index is 0.105. The third-order valence-corrected chi connectivity index (χ3v) is 6.46. The highest BCUT2D eigenvalue weighted by molar-refractivity contribution is 5.82. The highest BCUT2D eigenvalue weighted by atomic mass is 19.1. The Bertz CT molecular complexity index is 1400. The summed E-state index contributed by atoms with van der Waals surface area (Å²) < 4.78 is 25.6. The Morgan fingerprint density at radius 2 is 1.82 bits per heavy atom. The molecule has 0 unspecified atom stereocenters. The summed E-state index contributed by atoms with van der Waals surface area (Å²) in [6, 6.07) is 17.8. The SMILES string of the molecule is CCCNC(=O)C1(C)COC(c2nc(-c3ccc(F)cc3)c(-c3ccnc(NCc4ccccc4)n3)[nH]2)OC1. The van der Waals surface area contributed by atoms with Crippen molar-refractivity contribution >= 4 is 11.9 Å². The first-order valence-electron chi connectivity index (χ1n) is 12.9. The van der Waals surface area contributed by atoms with Crippen LogP contribution < -0.4 is 10.6 Å². The van der Waals surface area contributed by atoms with Crippen LogP contribution in [0.1, 0.15) is 37.9 Å². The van der Waals surface area contributed by atoms with Gasteiger partial charge in [-0.1, -0.05) is 37.3 Å². The molecule has 1 saturated heterocycles. The van der Waals surface area contributed by atoms with Gasteiger partial charge in [0.05, 0.1) is 35.7 Å². The number of carbonyl (C=O) groups excluding carboxylic acids is 1. The number of hydrogen-bond acceptors (Lipinski definition) is 7. The number of H-pyrrole nitrogens is 1. The summed E-state index contributed by atoms with van der Waals surface area (Å²) >= 11 is 0. The normalized spacial score (nSPS) is 19.0. The van der Waals surface area contributed by atoms with Crippen molar-refractivity contribution in [3.63, 3.8) is 0 Å². The second-order valence-electron chi connectivity index (χ2n) is 9.73. The summed E-state index contributed by atoms with van der Waals surface area (Å²) in [5.41, 5.74) is 2.78. The second kappa shape index (κ2) is 11.7. The number of ether oxygens (including phenoxy) is 2. The third kappa shape index (κ3) is 6.13. The number of hydrogen-bond donors (Lipinski definition) is 3. The minimum atomic E-state index is -0.803. The van der Waals surface area contributed by atoms with Gasteiger partial charge in [0.15, 0.2) is 5.82 Å².